The number of nitrogens with one attached hydrogen (secondary N) is 1. The lowest BCUT2D eigenvalue weighted by molar-refractivity contribution is -0.145. The molecule has 112 valence electrons. The minimum absolute atomic E-state index is 0.484. The van der Waals surface area contributed by atoms with E-state index in [9.17, 15) is 9.90 Å². The molecule has 2 aromatic rings. The molecule has 0 aliphatic rings. The maximum atomic E-state index is 11.8. The van der Waals surface area contributed by atoms with Crippen molar-refractivity contribution in [2.24, 2.45) is 0 Å². The lowest BCUT2D eigenvalue weighted by atomic mass is 9.87. The van der Waals surface area contributed by atoms with Crippen LogP contribution in [0.3, 0.4) is 0 Å². The van der Waals surface area contributed by atoms with Crippen molar-refractivity contribution in [3.8, 4) is 0 Å². The number of hydrogen-bond donors (Lipinski definition) is 2. The van der Waals surface area contributed by atoms with E-state index in [0.29, 0.717) is 12.2 Å². The molecule has 1 aromatic carbocycles. The summed E-state index contributed by atoms with van der Waals surface area (Å²) in [5, 5.41) is 12.7. The molecule has 0 aliphatic heterocycles. The number of carboxylic acid groups (broad SMARTS) is 1. The molecular formula is C16H19NO3S. The number of carbonyl (C=O) groups is 1. The van der Waals surface area contributed by atoms with E-state index < -0.39 is 11.5 Å². The van der Waals surface area contributed by atoms with Crippen LogP contribution in [0.5, 0.6) is 0 Å². The maximum absolute atomic E-state index is 11.8. The molecule has 1 unspecified atom stereocenters. The van der Waals surface area contributed by atoms with Gasteiger partial charge < -0.3 is 14.8 Å². The fourth-order valence-corrected chi connectivity index (χ4v) is 3.34. The number of likely N-dealkylation sites (N-methyl/N-ethyl adjacent to an activating group) is 1. The highest BCUT2D eigenvalue weighted by molar-refractivity contribution is 7.99. The van der Waals surface area contributed by atoms with E-state index in [4.69, 9.17) is 4.42 Å². The van der Waals surface area contributed by atoms with Crippen molar-refractivity contribution in [3.63, 3.8) is 0 Å². The summed E-state index contributed by atoms with van der Waals surface area (Å²) in [6.45, 7) is 1.90. The second-order valence-electron chi connectivity index (χ2n) is 4.77. The Hall–Kier alpha value is -1.72. The van der Waals surface area contributed by atoms with Crippen LogP contribution in [0.2, 0.25) is 0 Å². The van der Waals surface area contributed by atoms with Gasteiger partial charge in [-0.25, -0.2) is 4.79 Å². The highest BCUT2D eigenvalue weighted by Gasteiger charge is 2.38. The average molecular weight is 305 g/mol. The maximum Gasteiger partial charge on any atom is 0.328 e. The van der Waals surface area contributed by atoms with Crippen molar-refractivity contribution >= 4 is 17.7 Å². The summed E-state index contributed by atoms with van der Waals surface area (Å²) in [6.07, 6.45) is 2.13. The SMILES string of the molecule is CNC(CCSc1ccoc1C)(C(=O)O)c1ccccc1. The number of thioether (sulfide) groups is 1. The van der Waals surface area contributed by atoms with Gasteiger partial charge in [0, 0.05) is 10.6 Å². The predicted molar refractivity (Wildman–Crippen MR) is 83.6 cm³/mol. The fraction of sp³-hybridized carbons (Fsp3) is 0.312. The molecular weight excluding hydrogens is 286 g/mol. The Balaban J connectivity index is 2.14. The first-order valence-corrected chi connectivity index (χ1v) is 7.73. The molecule has 0 saturated heterocycles. The van der Waals surface area contributed by atoms with Crippen molar-refractivity contribution < 1.29 is 14.3 Å². The van der Waals surface area contributed by atoms with Crippen LogP contribution in [0, 0.1) is 6.92 Å². The summed E-state index contributed by atoms with van der Waals surface area (Å²) in [5.41, 5.74) is -0.296. The molecule has 0 aliphatic carbocycles. The number of furan rings is 1. The molecule has 0 bridgehead atoms. The first-order chi connectivity index (χ1) is 10.1. The third-order valence-corrected chi connectivity index (χ3v) is 4.75. The van der Waals surface area contributed by atoms with Gasteiger partial charge in [0.25, 0.3) is 0 Å². The molecule has 2 N–H and O–H groups in total. The number of hydrogen-bond acceptors (Lipinski definition) is 4. The Kier molecular flexibility index (Phi) is 5.09. The van der Waals surface area contributed by atoms with Gasteiger partial charge in [0.05, 0.1) is 6.26 Å². The van der Waals surface area contributed by atoms with Crippen LogP contribution in [0.15, 0.2) is 52.0 Å². The van der Waals surface area contributed by atoms with Crippen LogP contribution >= 0.6 is 11.8 Å². The van der Waals surface area contributed by atoms with Crippen molar-refractivity contribution in [1.82, 2.24) is 5.32 Å². The van der Waals surface area contributed by atoms with Gasteiger partial charge in [-0.2, -0.15) is 0 Å². The number of rotatable bonds is 7. The Morgan fingerprint density at radius 3 is 2.57 bits per heavy atom. The molecule has 1 heterocycles. The molecule has 0 spiro atoms. The standard InChI is InChI=1S/C16H19NO3S/c1-12-14(8-10-20-12)21-11-9-16(17-2,15(18)19)13-6-4-3-5-7-13/h3-8,10,17H,9,11H2,1-2H3,(H,18,19). The van der Waals surface area contributed by atoms with Gasteiger partial charge in [-0.1, -0.05) is 30.3 Å². The second-order valence-corrected chi connectivity index (χ2v) is 5.90. The highest BCUT2D eigenvalue weighted by Crippen LogP contribution is 2.30. The van der Waals surface area contributed by atoms with E-state index in [0.717, 1.165) is 16.2 Å². The van der Waals surface area contributed by atoms with Crippen LogP contribution in [-0.4, -0.2) is 23.9 Å². The van der Waals surface area contributed by atoms with Gasteiger partial charge in [0.1, 0.15) is 11.3 Å². The van der Waals surface area contributed by atoms with Crippen molar-refractivity contribution in [2.45, 2.75) is 23.8 Å². The second kappa shape index (κ2) is 6.83. The number of aliphatic carboxylic acids is 1. The molecule has 1 atom stereocenters. The fourth-order valence-electron chi connectivity index (χ4n) is 2.31. The third-order valence-electron chi connectivity index (χ3n) is 3.60. The predicted octanol–water partition coefficient (Wildman–Crippen LogP) is 3.27. The van der Waals surface area contributed by atoms with E-state index in [1.54, 1.807) is 25.1 Å². The van der Waals surface area contributed by atoms with Gasteiger partial charge >= 0.3 is 5.97 Å². The van der Waals surface area contributed by atoms with E-state index in [-0.39, 0.29) is 0 Å². The Bertz CT molecular complexity index is 597. The summed E-state index contributed by atoms with van der Waals surface area (Å²) in [5.74, 6) is 0.688. The topological polar surface area (TPSA) is 62.5 Å². The molecule has 0 amide bonds. The summed E-state index contributed by atoms with van der Waals surface area (Å²) in [7, 11) is 1.69. The average Bonchev–Trinajstić information content (AvgIpc) is 2.90. The monoisotopic (exact) mass is 305 g/mol. The summed E-state index contributed by atoms with van der Waals surface area (Å²) in [6, 6.07) is 11.2. The molecule has 21 heavy (non-hydrogen) atoms. The normalized spacial score (nSPS) is 13.8. The zero-order chi connectivity index (χ0) is 15.3. The van der Waals surface area contributed by atoms with Crippen LogP contribution in [0.1, 0.15) is 17.7 Å². The van der Waals surface area contributed by atoms with E-state index in [2.05, 4.69) is 5.32 Å². The van der Waals surface area contributed by atoms with Gasteiger partial charge in [-0.3, -0.25) is 0 Å². The van der Waals surface area contributed by atoms with Crippen molar-refractivity contribution in [2.75, 3.05) is 12.8 Å². The van der Waals surface area contributed by atoms with Crippen molar-refractivity contribution in [3.05, 3.63) is 54.0 Å². The van der Waals surface area contributed by atoms with Crippen LogP contribution < -0.4 is 5.32 Å². The number of aryl methyl sites for hydroxylation is 1. The third kappa shape index (κ3) is 3.31. The lowest BCUT2D eigenvalue weighted by Crippen LogP contribution is -2.47. The summed E-state index contributed by atoms with van der Waals surface area (Å²) < 4.78 is 5.25. The van der Waals surface area contributed by atoms with Gasteiger partial charge in [0.2, 0.25) is 0 Å². The zero-order valence-electron chi connectivity index (χ0n) is 12.1. The van der Waals surface area contributed by atoms with E-state index in [1.807, 2.05) is 43.3 Å². The summed E-state index contributed by atoms with van der Waals surface area (Å²) in [4.78, 5) is 12.9. The van der Waals surface area contributed by atoms with Crippen LogP contribution in [0.25, 0.3) is 0 Å². The van der Waals surface area contributed by atoms with Crippen LogP contribution in [-0.2, 0) is 10.3 Å². The molecule has 0 saturated carbocycles. The Labute approximate surface area is 128 Å². The zero-order valence-corrected chi connectivity index (χ0v) is 12.9. The molecule has 2 rings (SSSR count). The Morgan fingerprint density at radius 2 is 2.05 bits per heavy atom. The van der Waals surface area contributed by atoms with Gasteiger partial charge in [-0.05, 0) is 32.0 Å². The van der Waals surface area contributed by atoms with Crippen LogP contribution in [0.4, 0.5) is 0 Å². The van der Waals surface area contributed by atoms with Gasteiger partial charge in [-0.15, -0.1) is 11.8 Å². The largest absolute Gasteiger partial charge is 0.480 e. The molecule has 0 radical (unpaired) electrons. The quantitative estimate of drug-likeness (QED) is 0.769. The smallest absolute Gasteiger partial charge is 0.328 e. The first kappa shape index (κ1) is 15.7. The number of benzene rings is 1. The lowest BCUT2D eigenvalue weighted by Gasteiger charge is -2.29. The highest BCUT2D eigenvalue weighted by atomic mass is 32.2. The van der Waals surface area contributed by atoms with Crippen molar-refractivity contribution in [1.29, 1.82) is 0 Å². The minimum atomic E-state index is -1.06. The molecule has 1 aromatic heterocycles. The summed E-state index contributed by atoms with van der Waals surface area (Å²) >= 11 is 1.61. The van der Waals surface area contributed by atoms with E-state index in [1.165, 1.54) is 0 Å². The minimum Gasteiger partial charge on any atom is -0.480 e. The first-order valence-electron chi connectivity index (χ1n) is 6.75. The molecule has 5 heteroatoms. The van der Waals surface area contributed by atoms with E-state index >= 15 is 0 Å². The molecule has 0 fully saturated rings. The Morgan fingerprint density at radius 1 is 1.33 bits per heavy atom. The number of carboxylic acids is 1. The molecule has 4 nitrogen and oxygen atoms in total. The van der Waals surface area contributed by atoms with Gasteiger partial charge in [0.15, 0.2) is 0 Å².